The number of nitrogens with zero attached hydrogens (tertiary/aromatic N) is 2. The first-order valence-electron chi connectivity index (χ1n) is 8.56. The molecule has 1 aromatic rings. The highest BCUT2D eigenvalue weighted by Gasteiger charge is 2.19. The summed E-state index contributed by atoms with van der Waals surface area (Å²) < 4.78 is 2.03. The average molecular weight is 277 g/mol. The number of rotatable bonds is 8. The number of nitrogens with one attached hydrogen (secondary N) is 1. The molecule has 1 aliphatic carbocycles. The smallest absolute Gasteiger partial charge is 0.0522 e. The van der Waals surface area contributed by atoms with Gasteiger partial charge in [-0.3, -0.25) is 4.68 Å². The third-order valence-electron chi connectivity index (χ3n) is 4.52. The summed E-state index contributed by atoms with van der Waals surface area (Å²) in [5.41, 5.74) is 1.39. The van der Waals surface area contributed by atoms with Crippen LogP contribution in [0.1, 0.15) is 64.4 Å². The lowest BCUT2D eigenvalue weighted by Crippen LogP contribution is -2.34. The van der Waals surface area contributed by atoms with E-state index in [0.29, 0.717) is 6.04 Å². The van der Waals surface area contributed by atoms with Crippen molar-refractivity contribution >= 4 is 0 Å². The molecule has 114 valence electrons. The third-order valence-corrected chi connectivity index (χ3v) is 4.52. The largest absolute Gasteiger partial charge is 0.314 e. The van der Waals surface area contributed by atoms with Crippen LogP contribution in [0.3, 0.4) is 0 Å². The maximum Gasteiger partial charge on any atom is 0.0522 e. The van der Waals surface area contributed by atoms with Crippen molar-refractivity contribution in [1.29, 1.82) is 0 Å². The summed E-state index contributed by atoms with van der Waals surface area (Å²) in [6.45, 7) is 6.50. The Bertz CT molecular complexity index is 366. The standard InChI is InChI=1S/C17H31N3/c1-3-10-18-17(11-15-8-6-5-7-9-15)12-16-13-19-20(4-2)14-16/h13-15,17-18H,3-12H2,1-2H3. The maximum absolute atomic E-state index is 4.40. The van der Waals surface area contributed by atoms with Gasteiger partial charge in [-0.1, -0.05) is 39.0 Å². The van der Waals surface area contributed by atoms with Crippen LogP contribution in [-0.2, 0) is 13.0 Å². The van der Waals surface area contributed by atoms with E-state index < -0.39 is 0 Å². The quantitative estimate of drug-likeness (QED) is 0.783. The molecule has 1 heterocycles. The van der Waals surface area contributed by atoms with E-state index in [9.17, 15) is 0 Å². The Labute approximate surface area is 124 Å². The predicted molar refractivity (Wildman–Crippen MR) is 84.9 cm³/mol. The van der Waals surface area contributed by atoms with Gasteiger partial charge in [-0.05, 0) is 44.2 Å². The monoisotopic (exact) mass is 277 g/mol. The number of aryl methyl sites for hydroxylation is 1. The lowest BCUT2D eigenvalue weighted by atomic mass is 9.84. The Balaban J connectivity index is 1.87. The van der Waals surface area contributed by atoms with Crippen molar-refractivity contribution < 1.29 is 0 Å². The molecule has 0 saturated heterocycles. The maximum atomic E-state index is 4.40. The van der Waals surface area contributed by atoms with E-state index in [0.717, 1.165) is 25.4 Å². The highest BCUT2D eigenvalue weighted by Crippen LogP contribution is 2.28. The van der Waals surface area contributed by atoms with Crippen LogP contribution in [0, 0.1) is 5.92 Å². The van der Waals surface area contributed by atoms with Crippen LogP contribution in [0.25, 0.3) is 0 Å². The second-order valence-electron chi connectivity index (χ2n) is 6.30. The minimum atomic E-state index is 0.632. The highest BCUT2D eigenvalue weighted by molar-refractivity contribution is 5.06. The zero-order valence-electron chi connectivity index (χ0n) is 13.3. The Hall–Kier alpha value is -0.830. The Kier molecular flexibility index (Phi) is 6.58. The molecule has 1 atom stereocenters. The molecule has 0 spiro atoms. The van der Waals surface area contributed by atoms with Crippen LogP contribution in [0.2, 0.25) is 0 Å². The van der Waals surface area contributed by atoms with E-state index in [2.05, 4.69) is 30.5 Å². The zero-order valence-corrected chi connectivity index (χ0v) is 13.3. The van der Waals surface area contributed by atoms with Crippen LogP contribution in [0.5, 0.6) is 0 Å². The first-order chi connectivity index (χ1) is 9.81. The van der Waals surface area contributed by atoms with Crippen molar-refractivity contribution in [3.8, 4) is 0 Å². The molecule has 3 nitrogen and oxygen atoms in total. The van der Waals surface area contributed by atoms with Gasteiger partial charge in [0.2, 0.25) is 0 Å². The van der Waals surface area contributed by atoms with E-state index in [1.54, 1.807) is 0 Å². The lowest BCUT2D eigenvalue weighted by Gasteiger charge is -2.27. The molecule has 1 aromatic heterocycles. The topological polar surface area (TPSA) is 29.9 Å². The normalized spacial score (nSPS) is 18.3. The fraction of sp³-hybridized carbons (Fsp3) is 0.824. The molecule has 3 heteroatoms. The SMILES string of the molecule is CCCNC(Cc1cnn(CC)c1)CC1CCCCC1. The molecular weight excluding hydrogens is 246 g/mol. The molecule has 1 unspecified atom stereocenters. The fourth-order valence-corrected chi connectivity index (χ4v) is 3.38. The molecule has 0 bridgehead atoms. The van der Waals surface area contributed by atoms with Gasteiger partial charge in [0, 0.05) is 18.8 Å². The van der Waals surface area contributed by atoms with Gasteiger partial charge in [-0.2, -0.15) is 5.10 Å². The predicted octanol–water partition coefficient (Wildman–Crippen LogP) is 3.78. The summed E-state index contributed by atoms with van der Waals surface area (Å²) in [5.74, 6) is 0.944. The van der Waals surface area contributed by atoms with Crippen LogP contribution in [0.15, 0.2) is 12.4 Å². The number of aromatic nitrogens is 2. The zero-order chi connectivity index (χ0) is 14.2. The van der Waals surface area contributed by atoms with Crippen LogP contribution in [0.4, 0.5) is 0 Å². The number of hydrogen-bond acceptors (Lipinski definition) is 2. The van der Waals surface area contributed by atoms with Crippen molar-refractivity contribution in [2.24, 2.45) is 5.92 Å². The molecule has 0 aromatic carbocycles. The molecule has 1 aliphatic rings. The molecule has 0 aliphatic heterocycles. The summed E-state index contributed by atoms with van der Waals surface area (Å²) in [7, 11) is 0. The van der Waals surface area contributed by atoms with Crippen molar-refractivity contribution in [2.45, 2.75) is 77.8 Å². The van der Waals surface area contributed by atoms with Gasteiger partial charge in [0.05, 0.1) is 6.20 Å². The van der Waals surface area contributed by atoms with Crippen molar-refractivity contribution in [3.63, 3.8) is 0 Å². The van der Waals surface area contributed by atoms with E-state index in [-0.39, 0.29) is 0 Å². The van der Waals surface area contributed by atoms with Crippen LogP contribution in [-0.4, -0.2) is 22.4 Å². The molecule has 1 fully saturated rings. The molecule has 2 rings (SSSR count). The van der Waals surface area contributed by atoms with Gasteiger partial charge in [-0.15, -0.1) is 0 Å². The molecule has 0 radical (unpaired) electrons. The Morgan fingerprint density at radius 3 is 2.75 bits per heavy atom. The molecule has 1 saturated carbocycles. The highest BCUT2D eigenvalue weighted by atomic mass is 15.3. The van der Waals surface area contributed by atoms with Crippen molar-refractivity contribution in [1.82, 2.24) is 15.1 Å². The van der Waals surface area contributed by atoms with E-state index in [4.69, 9.17) is 0 Å². The van der Waals surface area contributed by atoms with Gasteiger partial charge < -0.3 is 5.32 Å². The fourth-order valence-electron chi connectivity index (χ4n) is 3.38. The van der Waals surface area contributed by atoms with Crippen molar-refractivity contribution in [2.75, 3.05) is 6.54 Å². The first kappa shape index (κ1) is 15.6. The van der Waals surface area contributed by atoms with Crippen molar-refractivity contribution in [3.05, 3.63) is 18.0 Å². The summed E-state index contributed by atoms with van der Waals surface area (Å²) in [6.07, 6.45) is 15.2. The van der Waals surface area contributed by atoms with E-state index in [1.165, 1.54) is 50.5 Å². The Morgan fingerprint density at radius 1 is 1.30 bits per heavy atom. The van der Waals surface area contributed by atoms with Crippen LogP contribution < -0.4 is 5.32 Å². The minimum absolute atomic E-state index is 0.632. The molecular formula is C17H31N3. The first-order valence-corrected chi connectivity index (χ1v) is 8.56. The second-order valence-corrected chi connectivity index (χ2v) is 6.30. The molecule has 0 amide bonds. The van der Waals surface area contributed by atoms with Crippen LogP contribution >= 0.6 is 0 Å². The van der Waals surface area contributed by atoms with E-state index in [1.807, 2.05) is 10.9 Å². The van der Waals surface area contributed by atoms with E-state index >= 15 is 0 Å². The van der Waals surface area contributed by atoms with Gasteiger partial charge in [0.25, 0.3) is 0 Å². The third kappa shape index (κ3) is 4.93. The van der Waals surface area contributed by atoms with Gasteiger partial charge >= 0.3 is 0 Å². The minimum Gasteiger partial charge on any atom is -0.314 e. The Morgan fingerprint density at radius 2 is 2.10 bits per heavy atom. The van der Waals surface area contributed by atoms with Gasteiger partial charge in [0.15, 0.2) is 0 Å². The second kappa shape index (κ2) is 8.46. The summed E-state index contributed by atoms with van der Waals surface area (Å²) in [5, 5.41) is 8.16. The lowest BCUT2D eigenvalue weighted by molar-refractivity contribution is 0.296. The summed E-state index contributed by atoms with van der Waals surface area (Å²) in [6, 6.07) is 0.632. The molecule has 1 N–H and O–H groups in total. The number of hydrogen-bond donors (Lipinski definition) is 1. The summed E-state index contributed by atoms with van der Waals surface area (Å²) in [4.78, 5) is 0. The summed E-state index contributed by atoms with van der Waals surface area (Å²) >= 11 is 0. The average Bonchev–Trinajstić information content (AvgIpc) is 2.93. The molecule has 20 heavy (non-hydrogen) atoms. The van der Waals surface area contributed by atoms with Gasteiger partial charge in [0.1, 0.15) is 0 Å². The van der Waals surface area contributed by atoms with Gasteiger partial charge in [-0.25, -0.2) is 0 Å².